The van der Waals surface area contributed by atoms with E-state index in [0.717, 1.165) is 6.04 Å². The van der Waals surface area contributed by atoms with Crippen molar-refractivity contribution in [2.24, 2.45) is 0 Å². The van der Waals surface area contributed by atoms with Crippen LogP contribution >= 0.6 is 0 Å². The van der Waals surface area contributed by atoms with Crippen molar-refractivity contribution in [2.75, 3.05) is 6.54 Å². The van der Waals surface area contributed by atoms with E-state index < -0.39 is 0 Å². The molecule has 70 valence electrons. The Morgan fingerprint density at radius 3 is 2.55 bits per heavy atom. The van der Waals surface area contributed by atoms with Crippen molar-refractivity contribution in [1.29, 1.82) is 0 Å². The third kappa shape index (κ3) is 5.25. The van der Waals surface area contributed by atoms with Crippen molar-refractivity contribution in [3.05, 3.63) is 0 Å². The predicted molar refractivity (Wildman–Crippen MR) is 54.0 cm³/mol. The second-order valence-electron chi connectivity index (χ2n) is 2.94. The largest absolute Gasteiger partial charge is 0.314 e. The zero-order valence-corrected chi connectivity index (χ0v) is 8.32. The summed E-state index contributed by atoms with van der Waals surface area (Å²) in [5, 5.41) is 3.52. The van der Waals surface area contributed by atoms with E-state index >= 15 is 0 Å². The average Bonchev–Trinajstić information content (AvgIpc) is 2.11. The summed E-state index contributed by atoms with van der Waals surface area (Å²) < 4.78 is 0. The van der Waals surface area contributed by atoms with Crippen LogP contribution in [-0.4, -0.2) is 12.6 Å². The van der Waals surface area contributed by atoms with Crippen LogP contribution in [0, 0.1) is 0 Å². The second kappa shape index (κ2) is 8.06. The summed E-state index contributed by atoms with van der Waals surface area (Å²) in [5.41, 5.74) is 0. The van der Waals surface area contributed by atoms with Crippen LogP contribution in [0.1, 0.15) is 54.3 Å². The number of hydrogen-bond acceptors (Lipinski definition) is 1. The van der Waals surface area contributed by atoms with E-state index in [-0.39, 0.29) is 1.43 Å². The van der Waals surface area contributed by atoms with Gasteiger partial charge in [0.05, 0.1) is 0 Å². The van der Waals surface area contributed by atoms with Crippen LogP contribution in [0.15, 0.2) is 0 Å². The molecule has 1 saturated heterocycles. The summed E-state index contributed by atoms with van der Waals surface area (Å²) in [4.78, 5) is 0. The third-order valence-corrected chi connectivity index (χ3v) is 2.05. The van der Waals surface area contributed by atoms with Crippen LogP contribution in [0.3, 0.4) is 0 Å². The highest BCUT2D eigenvalue weighted by Crippen LogP contribution is 2.10. The number of rotatable bonds is 2. The van der Waals surface area contributed by atoms with Crippen LogP contribution < -0.4 is 5.32 Å². The van der Waals surface area contributed by atoms with Gasteiger partial charge in [-0.15, -0.1) is 0 Å². The molecule has 0 aromatic heterocycles. The van der Waals surface area contributed by atoms with Gasteiger partial charge in [0, 0.05) is 7.47 Å². The number of nitrogens with one attached hydrogen (secondary N) is 1. The molecule has 0 amide bonds. The molecule has 0 aromatic rings. The van der Waals surface area contributed by atoms with E-state index in [1.165, 1.54) is 38.6 Å². The highest BCUT2D eigenvalue weighted by atomic mass is 14.9. The molecule has 1 rings (SSSR count). The molecule has 1 nitrogen and oxygen atoms in total. The minimum Gasteiger partial charge on any atom is -0.314 e. The van der Waals surface area contributed by atoms with Crippen LogP contribution in [0.2, 0.25) is 0 Å². The van der Waals surface area contributed by atoms with E-state index in [1.54, 1.807) is 0 Å². The van der Waals surface area contributed by atoms with Crippen molar-refractivity contribution in [3.8, 4) is 0 Å². The first-order chi connectivity index (χ1) is 5.43. The van der Waals surface area contributed by atoms with Gasteiger partial charge < -0.3 is 5.32 Å². The monoisotopic (exact) mass is 159 g/mol. The Bertz CT molecular complexity index is 67.5. The van der Waals surface area contributed by atoms with Crippen LogP contribution in [0.25, 0.3) is 0 Å². The maximum absolute atomic E-state index is 3.52. The molecule has 1 N–H and O–H groups in total. The van der Waals surface area contributed by atoms with Gasteiger partial charge in [-0.1, -0.05) is 33.6 Å². The van der Waals surface area contributed by atoms with Gasteiger partial charge in [0.1, 0.15) is 0 Å². The van der Waals surface area contributed by atoms with Crippen LogP contribution in [0.5, 0.6) is 0 Å². The van der Waals surface area contributed by atoms with Crippen molar-refractivity contribution < 1.29 is 1.43 Å². The molecule has 1 heterocycles. The molecule has 11 heavy (non-hydrogen) atoms. The Morgan fingerprint density at radius 1 is 1.36 bits per heavy atom. The van der Waals surface area contributed by atoms with Gasteiger partial charge in [0.15, 0.2) is 0 Å². The summed E-state index contributed by atoms with van der Waals surface area (Å²) in [7, 11) is 0. The molecular weight excluding hydrogens is 134 g/mol. The molecule has 0 radical (unpaired) electrons. The fourth-order valence-electron chi connectivity index (χ4n) is 1.52. The van der Waals surface area contributed by atoms with E-state index in [1.807, 2.05) is 13.8 Å². The minimum atomic E-state index is 0. The standard InChI is InChI=1S/C8H17N.C2H6.H2/c1-2-5-8-6-3-4-7-9-8;1-2;/h8-9H,2-7H2,1H3;1-2H3;1H. The van der Waals surface area contributed by atoms with Gasteiger partial charge in [0.25, 0.3) is 0 Å². The molecule has 0 spiro atoms. The Morgan fingerprint density at radius 2 is 2.09 bits per heavy atom. The maximum atomic E-state index is 3.52. The highest BCUT2D eigenvalue weighted by Gasteiger charge is 2.09. The first-order valence-electron chi connectivity index (χ1n) is 5.17. The van der Waals surface area contributed by atoms with E-state index in [4.69, 9.17) is 0 Å². The summed E-state index contributed by atoms with van der Waals surface area (Å²) in [6.07, 6.45) is 6.95. The fraction of sp³-hybridized carbons (Fsp3) is 1.00. The molecule has 1 aliphatic heterocycles. The SMILES string of the molecule is CC.CCCC1CCCCN1.[HH]. The number of piperidine rings is 1. The zero-order chi connectivity index (χ0) is 8.53. The first-order valence-corrected chi connectivity index (χ1v) is 5.17. The van der Waals surface area contributed by atoms with Crippen molar-refractivity contribution in [3.63, 3.8) is 0 Å². The molecule has 0 aromatic carbocycles. The molecule has 1 fully saturated rings. The van der Waals surface area contributed by atoms with Crippen LogP contribution in [0.4, 0.5) is 0 Å². The Hall–Kier alpha value is -0.0400. The van der Waals surface area contributed by atoms with Gasteiger partial charge in [-0.05, 0) is 25.8 Å². The average molecular weight is 159 g/mol. The quantitative estimate of drug-likeness (QED) is 0.652. The van der Waals surface area contributed by atoms with Gasteiger partial charge in [-0.25, -0.2) is 0 Å². The molecule has 1 atom stereocenters. The lowest BCUT2D eigenvalue weighted by Gasteiger charge is -2.22. The van der Waals surface area contributed by atoms with Gasteiger partial charge in [0.2, 0.25) is 0 Å². The number of hydrogen-bond donors (Lipinski definition) is 1. The van der Waals surface area contributed by atoms with Crippen LogP contribution in [-0.2, 0) is 0 Å². The van der Waals surface area contributed by atoms with E-state index in [9.17, 15) is 0 Å². The Labute approximate surface area is 73.1 Å². The molecule has 1 heteroatoms. The van der Waals surface area contributed by atoms with Gasteiger partial charge in [-0.2, -0.15) is 0 Å². The molecule has 0 saturated carbocycles. The second-order valence-corrected chi connectivity index (χ2v) is 2.94. The lowest BCUT2D eigenvalue weighted by Crippen LogP contribution is -2.33. The van der Waals surface area contributed by atoms with Crippen molar-refractivity contribution >= 4 is 0 Å². The maximum Gasteiger partial charge on any atom is 0.00669 e. The smallest absolute Gasteiger partial charge is 0.00669 e. The molecule has 1 unspecified atom stereocenters. The highest BCUT2D eigenvalue weighted by molar-refractivity contribution is 4.70. The molecule has 0 aliphatic carbocycles. The summed E-state index contributed by atoms with van der Waals surface area (Å²) in [6, 6.07) is 0.851. The molecule has 1 aliphatic rings. The summed E-state index contributed by atoms with van der Waals surface area (Å²) in [5.74, 6) is 0. The first kappa shape index (κ1) is 11.0. The minimum absolute atomic E-state index is 0. The lowest BCUT2D eigenvalue weighted by molar-refractivity contribution is 0.380. The lowest BCUT2D eigenvalue weighted by atomic mass is 10.0. The fourth-order valence-corrected chi connectivity index (χ4v) is 1.52. The molecular formula is C10H25N. The topological polar surface area (TPSA) is 12.0 Å². The summed E-state index contributed by atoms with van der Waals surface area (Å²) in [6.45, 7) is 7.51. The Balaban J connectivity index is 0. The van der Waals surface area contributed by atoms with Crippen molar-refractivity contribution in [2.45, 2.75) is 58.9 Å². The third-order valence-electron chi connectivity index (χ3n) is 2.05. The molecule has 0 bridgehead atoms. The van der Waals surface area contributed by atoms with Crippen molar-refractivity contribution in [1.82, 2.24) is 5.32 Å². The van der Waals surface area contributed by atoms with E-state index in [0.29, 0.717) is 0 Å². The van der Waals surface area contributed by atoms with E-state index in [2.05, 4.69) is 12.2 Å². The summed E-state index contributed by atoms with van der Waals surface area (Å²) >= 11 is 0. The van der Waals surface area contributed by atoms with Gasteiger partial charge in [-0.3, -0.25) is 0 Å². The van der Waals surface area contributed by atoms with Gasteiger partial charge >= 0.3 is 0 Å². The predicted octanol–water partition coefficient (Wildman–Crippen LogP) is 3.20. The normalized spacial score (nSPS) is 23.7. The zero-order valence-electron chi connectivity index (χ0n) is 8.32. The Kier molecular flexibility index (Phi) is 8.03.